The summed E-state index contributed by atoms with van der Waals surface area (Å²) in [6.07, 6.45) is 8.32. The highest BCUT2D eigenvalue weighted by molar-refractivity contribution is 8.01. The van der Waals surface area contributed by atoms with E-state index in [-0.39, 0.29) is 35.7 Å². The second kappa shape index (κ2) is 20.1. The highest BCUT2D eigenvalue weighted by atomic mass is 32.2. The van der Waals surface area contributed by atoms with E-state index in [4.69, 9.17) is 23.7 Å². The van der Waals surface area contributed by atoms with Gasteiger partial charge in [-0.15, -0.1) is 11.8 Å². The normalized spacial score (nSPS) is 19.9. The Morgan fingerprint density at radius 2 is 1.64 bits per heavy atom. The zero-order valence-corrected chi connectivity index (χ0v) is 34.1. The van der Waals surface area contributed by atoms with Crippen molar-refractivity contribution in [3.05, 3.63) is 83.9 Å². The Morgan fingerprint density at radius 3 is 2.36 bits per heavy atom. The fourth-order valence-corrected chi connectivity index (χ4v) is 9.57. The average molecular weight is 795 g/mol. The molecular formula is C42H54N2O9S2. The Hall–Kier alpha value is -4.23. The van der Waals surface area contributed by atoms with Crippen molar-refractivity contribution < 1.29 is 42.3 Å². The highest BCUT2D eigenvalue weighted by Crippen LogP contribution is 2.51. The number of nitrogens with zero attached hydrogens (tertiary/aromatic N) is 1. The summed E-state index contributed by atoms with van der Waals surface area (Å²) >= 11 is 1.48. The molecule has 0 spiro atoms. The number of fused-ring (bicyclic) bond motifs is 2. The third kappa shape index (κ3) is 11.4. The molecule has 2 fully saturated rings. The average Bonchev–Trinajstić information content (AvgIpc) is 3.76. The lowest BCUT2D eigenvalue weighted by molar-refractivity contribution is -0.165. The summed E-state index contributed by atoms with van der Waals surface area (Å²) in [5.41, 5.74) is 2.00. The minimum absolute atomic E-state index is 0.101. The summed E-state index contributed by atoms with van der Waals surface area (Å²) in [6, 6.07) is 20.8. The molecule has 11 nitrogen and oxygen atoms in total. The third-order valence-electron chi connectivity index (χ3n) is 9.74. The van der Waals surface area contributed by atoms with Gasteiger partial charge in [-0.25, -0.2) is 4.79 Å². The molecule has 3 unspecified atom stereocenters. The van der Waals surface area contributed by atoms with Crippen molar-refractivity contribution in [3.63, 3.8) is 0 Å². The molecular weight excluding hydrogens is 741 g/mol. The molecule has 298 valence electrons. The number of ether oxygens (including phenoxy) is 5. The monoisotopic (exact) mass is 794 g/mol. The van der Waals surface area contributed by atoms with E-state index in [1.807, 2.05) is 62.4 Å². The number of para-hydroxylation sites is 1. The molecule has 3 heterocycles. The maximum atomic E-state index is 12.9. The van der Waals surface area contributed by atoms with Gasteiger partial charge in [-0.1, -0.05) is 82.3 Å². The van der Waals surface area contributed by atoms with Crippen LogP contribution in [0.25, 0.3) is 0 Å². The molecule has 0 radical (unpaired) electrons. The summed E-state index contributed by atoms with van der Waals surface area (Å²) in [7, 11) is 0.842. The number of esters is 1. The van der Waals surface area contributed by atoms with Gasteiger partial charge >= 0.3 is 5.97 Å². The number of β-lactam (4-membered cyclic amide) rings is 1. The van der Waals surface area contributed by atoms with Crippen LogP contribution in [-0.4, -0.2) is 80.6 Å². The summed E-state index contributed by atoms with van der Waals surface area (Å²) in [6.45, 7) is 8.33. The number of carbonyl (C=O) groups excluding carboxylic acids is 3. The topological polar surface area (TPSA) is 130 Å². The third-order valence-corrected chi connectivity index (χ3v) is 13.1. The van der Waals surface area contributed by atoms with E-state index in [1.165, 1.54) is 54.3 Å². The number of hydrogen-bond donors (Lipinski definition) is 1. The minimum Gasteiger partial charge on any atom is -0.497 e. The fraction of sp³-hybridized carbons (Fsp3) is 0.500. The molecule has 55 heavy (non-hydrogen) atoms. The van der Waals surface area contributed by atoms with E-state index < -0.39 is 33.6 Å². The predicted octanol–water partition coefficient (Wildman–Crippen LogP) is 6.82. The molecule has 1 N–H and O–H groups in total. The fourth-order valence-electron chi connectivity index (χ4n) is 6.68. The van der Waals surface area contributed by atoms with Crippen molar-refractivity contribution in [2.75, 3.05) is 26.3 Å². The van der Waals surface area contributed by atoms with E-state index in [9.17, 15) is 18.6 Å². The first-order valence-electron chi connectivity index (χ1n) is 19.0. The standard InChI is InChI=1S/C24H26N2O6S.C18H28O3S/c1-24(2)20(23(29)32-13-15-9-11-16(30-3)12-10-15)26-21(28)19(22(26)33-24)25-18(27)14-31-17-7-5-4-6-8-17;1-3-4-5-6-7-8-11-22(19)15(2)12-16-9-10-17-18(13-16)21-14-20-17/h4-12,19-20,22H,13-14H2,1-3H3,(H,25,27);9-10,13,15H,3-8,11-12,14H2,1-2H3/t19?,20-,22+;/m0./s1. The first-order valence-corrected chi connectivity index (χ1v) is 21.3. The van der Waals surface area contributed by atoms with Gasteiger partial charge in [0, 0.05) is 26.5 Å². The van der Waals surface area contributed by atoms with Crippen LogP contribution in [0.5, 0.6) is 23.0 Å². The van der Waals surface area contributed by atoms with Crippen LogP contribution in [0.15, 0.2) is 72.8 Å². The van der Waals surface area contributed by atoms with Crippen molar-refractivity contribution in [2.24, 2.45) is 0 Å². The lowest BCUT2D eigenvalue weighted by Crippen LogP contribution is -2.71. The second-order valence-corrected chi connectivity index (χ2v) is 18.2. The first kappa shape index (κ1) is 41.9. The van der Waals surface area contributed by atoms with E-state index in [0.717, 1.165) is 41.4 Å². The number of unbranched alkanes of at least 4 members (excludes halogenated alkanes) is 5. The number of amides is 2. The maximum absolute atomic E-state index is 12.9. The smallest absolute Gasteiger partial charge is 0.330 e. The zero-order chi connectivity index (χ0) is 39.4. The summed E-state index contributed by atoms with van der Waals surface area (Å²) in [4.78, 5) is 39.6. The number of carbonyl (C=O) groups is 3. The maximum Gasteiger partial charge on any atom is 0.330 e. The second-order valence-electron chi connectivity index (χ2n) is 14.4. The lowest BCUT2D eigenvalue weighted by atomic mass is 9.96. The van der Waals surface area contributed by atoms with Crippen LogP contribution in [0.3, 0.4) is 0 Å². The number of methoxy groups -OCH3 is 1. The Balaban J connectivity index is 0.000000229. The van der Waals surface area contributed by atoms with Gasteiger partial charge in [-0.05, 0) is 74.2 Å². The summed E-state index contributed by atoms with van der Waals surface area (Å²) < 4.78 is 38.6. The van der Waals surface area contributed by atoms with Gasteiger partial charge in [0.25, 0.3) is 5.91 Å². The van der Waals surface area contributed by atoms with Crippen molar-refractivity contribution in [1.29, 1.82) is 0 Å². The Labute approximate surface area is 331 Å². The van der Waals surface area contributed by atoms with Gasteiger partial charge in [0.1, 0.15) is 35.6 Å². The lowest BCUT2D eigenvalue weighted by Gasteiger charge is -2.43. The van der Waals surface area contributed by atoms with Gasteiger partial charge in [0.05, 0.1) is 7.11 Å². The molecule has 3 aromatic rings. The van der Waals surface area contributed by atoms with Crippen molar-refractivity contribution in [1.82, 2.24) is 10.2 Å². The number of nitrogens with one attached hydrogen (secondary N) is 1. The quantitative estimate of drug-likeness (QED) is 0.0833. The van der Waals surface area contributed by atoms with Gasteiger partial charge < -0.3 is 33.9 Å². The van der Waals surface area contributed by atoms with Crippen LogP contribution in [0.4, 0.5) is 0 Å². The molecule has 6 rings (SSSR count). The Bertz CT molecular complexity index is 1760. The molecule has 3 aliphatic rings. The largest absolute Gasteiger partial charge is 0.497 e. The molecule has 0 bridgehead atoms. The van der Waals surface area contributed by atoms with Crippen molar-refractivity contribution in [3.8, 4) is 23.0 Å². The Kier molecular flexibility index (Phi) is 15.3. The number of rotatable bonds is 18. The molecule has 13 heteroatoms. The summed E-state index contributed by atoms with van der Waals surface area (Å²) in [5.74, 6) is 2.60. The predicted molar refractivity (Wildman–Crippen MR) is 215 cm³/mol. The van der Waals surface area contributed by atoms with E-state index in [2.05, 4.69) is 19.2 Å². The molecule has 0 aliphatic carbocycles. The number of benzene rings is 3. The minimum atomic E-state index is -0.743. The van der Waals surface area contributed by atoms with E-state index in [0.29, 0.717) is 12.5 Å². The molecule has 2 saturated heterocycles. The van der Waals surface area contributed by atoms with Crippen molar-refractivity contribution in [2.45, 2.75) is 107 Å². The molecule has 0 saturated carbocycles. The van der Waals surface area contributed by atoms with Crippen LogP contribution in [0, 0.1) is 0 Å². The summed E-state index contributed by atoms with van der Waals surface area (Å²) in [5, 5.41) is 2.60. The molecule has 3 aromatic carbocycles. The molecule has 0 aromatic heterocycles. The highest BCUT2D eigenvalue weighted by Gasteiger charge is 2.64. The van der Waals surface area contributed by atoms with Gasteiger partial charge in [-0.2, -0.15) is 0 Å². The molecule has 3 aliphatic heterocycles. The van der Waals surface area contributed by atoms with E-state index >= 15 is 0 Å². The van der Waals surface area contributed by atoms with Gasteiger partial charge in [0.2, 0.25) is 12.7 Å². The number of hydrogen-bond acceptors (Lipinski definition) is 10. The van der Waals surface area contributed by atoms with Crippen LogP contribution in [0.2, 0.25) is 0 Å². The SMILES string of the molecule is CCCCCCCCS(=O)C(C)Cc1ccc2c(c1)OCO2.COc1ccc(COC(=O)[C@@H]2N3C(=O)C(NC(=O)COc4ccccc4)[C@H]3SC2(C)C)cc1. The molecule has 5 atom stereocenters. The van der Waals surface area contributed by atoms with Crippen molar-refractivity contribution >= 4 is 40.3 Å². The molecule has 2 amide bonds. The first-order chi connectivity index (χ1) is 26.5. The van der Waals surface area contributed by atoms with Gasteiger partial charge in [0.15, 0.2) is 18.1 Å². The van der Waals surface area contributed by atoms with Crippen LogP contribution >= 0.6 is 11.8 Å². The number of thioether (sulfide) groups is 1. The Morgan fingerprint density at radius 1 is 0.945 bits per heavy atom. The van der Waals surface area contributed by atoms with Crippen LogP contribution in [0.1, 0.15) is 77.3 Å². The van der Waals surface area contributed by atoms with E-state index in [1.54, 1.807) is 31.4 Å². The van der Waals surface area contributed by atoms with Crippen LogP contribution < -0.4 is 24.3 Å². The zero-order valence-electron chi connectivity index (χ0n) is 32.5. The van der Waals surface area contributed by atoms with Crippen LogP contribution in [-0.2, 0) is 42.9 Å². The van der Waals surface area contributed by atoms with Gasteiger partial charge in [-0.3, -0.25) is 13.8 Å².